The third-order valence-electron chi connectivity index (χ3n) is 12.5. The molecule has 12 rings (SSSR count). The monoisotopic (exact) mass is 744 g/mol. The SMILES string of the molecule is C1=CC2c3ccccc3N(c3ccc(N(c4ccc(-n5c6c(c7ccccc75)C=CCC6)cc4)c4ccc(-n5c6ccccc6c6ccccc65)cc4)cc3)C2C=C1. The molecule has 0 spiro atoms. The van der Waals surface area contributed by atoms with Crippen LogP contribution in [0.2, 0.25) is 0 Å². The molecule has 0 saturated carbocycles. The van der Waals surface area contributed by atoms with E-state index in [2.05, 4.69) is 225 Å². The maximum absolute atomic E-state index is 2.50. The van der Waals surface area contributed by atoms with Gasteiger partial charge in [0, 0.05) is 73.1 Å². The third-order valence-corrected chi connectivity index (χ3v) is 12.5. The molecule has 3 aliphatic rings. The van der Waals surface area contributed by atoms with E-state index in [1.165, 1.54) is 66.6 Å². The second-order valence-corrected chi connectivity index (χ2v) is 15.6. The second-order valence-electron chi connectivity index (χ2n) is 15.6. The average molecular weight is 745 g/mol. The van der Waals surface area contributed by atoms with Gasteiger partial charge in [0.15, 0.2) is 0 Å². The number of rotatable bonds is 6. The molecule has 276 valence electrons. The van der Waals surface area contributed by atoms with Crippen LogP contribution >= 0.6 is 0 Å². The van der Waals surface area contributed by atoms with Crippen molar-refractivity contribution in [3.63, 3.8) is 0 Å². The number of nitrogens with zero attached hydrogens (tertiary/aromatic N) is 4. The Kier molecular flexibility index (Phi) is 7.45. The standard InChI is InChI=1S/C54H40N4/c1-7-19-49-43(13-1)44-14-2-8-20-50(44)56(49)40-31-25-37(26-32-40)55(38-27-33-41(34-28-38)57-51-21-9-3-15-45(51)46-16-4-10-22-52(46)57)39-29-35-42(36-30-39)58-53-23-11-5-17-47(53)48-18-6-12-24-54(48)58/h1-11,13-23,25-36,43,49H,12,24H2. The zero-order chi connectivity index (χ0) is 38.2. The molecule has 2 aromatic heterocycles. The number of benzene rings is 7. The van der Waals surface area contributed by atoms with Gasteiger partial charge in [0.25, 0.3) is 0 Å². The van der Waals surface area contributed by atoms with Gasteiger partial charge in [0.1, 0.15) is 0 Å². The van der Waals surface area contributed by atoms with Crippen LogP contribution in [0.25, 0.3) is 50.2 Å². The summed E-state index contributed by atoms with van der Waals surface area (Å²) in [4.78, 5) is 4.89. The van der Waals surface area contributed by atoms with Crippen molar-refractivity contribution in [3.8, 4) is 11.4 Å². The van der Waals surface area contributed by atoms with Gasteiger partial charge in [-0.15, -0.1) is 0 Å². The van der Waals surface area contributed by atoms with Crippen LogP contribution in [0.15, 0.2) is 200 Å². The van der Waals surface area contributed by atoms with E-state index in [9.17, 15) is 0 Å². The van der Waals surface area contributed by atoms with Gasteiger partial charge in [-0.1, -0.05) is 109 Å². The van der Waals surface area contributed by atoms with E-state index >= 15 is 0 Å². The third kappa shape index (κ3) is 5.01. The molecule has 0 radical (unpaired) electrons. The summed E-state index contributed by atoms with van der Waals surface area (Å²) in [7, 11) is 0. The minimum atomic E-state index is 0.260. The maximum atomic E-state index is 2.50. The van der Waals surface area contributed by atoms with Crippen LogP contribution in [-0.4, -0.2) is 15.2 Å². The highest BCUT2D eigenvalue weighted by molar-refractivity contribution is 6.09. The normalized spacial score (nSPS) is 16.6. The molecule has 0 fully saturated rings. The minimum absolute atomic E-state index is 0.260. The largest absolute Gasteiger partial charge is 0.333 e. The summed E-state index contributed by atoms with van der Waals surface area (Å²) >= 11 is 0. The Morgan fingerprint density at radius 3 is 1.64 bits per heavy atom. The molecule has 7 aromatic carbocycles. The Bertz CT molecular complexity index is 3070. The fourth-order valence-electron chi connectivity index (χ4n) is 9.97. The average Bonchev–Trinajstić information content (AvgIpc) is 3.93. The smallest absolute Gasteiger partial charge is 0.0629 e. The number of hydrogen-bond acceptors (Lipinski definition) is 2. The summed E-state index contributed by atoms with van der Waals surface area (Å²) in [6, 6.07) is 62.7. The van der Waals surface area contributed by atoms with Crippen LogP contribution in [0.4, 0.5) is 28.4 Å². The van der Waals surface area contributed by atoms with Gasteiger partial charge in [-0.3, -0.25) is 0 Å². The van der Waals surface area contributed by atoms with E-state index in [0.29, 0.717) is 5.92 Å². The highest BCUT2D eigenvalue weighted by Gasteiger charge is 2.37. The van der Waals surface area contributed by atoms with Crippen LogP contribution in [0.3, 0.4) is 0 Å². The number of allylic oxidation sites excluding steroid dienone is 3. The molecule has 0 N–H and O–H groups in total. The molecule has 2 unspecified atom stereocenters. The number of anilines is 5. The van der Waals surface area contributed by atoms with Crippen molar-refractivity contribution in [1.82, 2.24) is 9.13 Å². The zero-order valence-electron chi connectivity index (χ0n) is 32.0. The first kappa shape index (κ1) is 32.9. The molecule has 0 bridgehead atoms. The Morgan fingerprint density at radius 1 is 0.466 bits per heavy atom. The van der Waals surface area contributed by atoms with E-state index in [-0.39, 0.29) is 6.04 Å². The van der Waals surface area contributed by atoms with E-state index < -0.39 is 0 Å². The lowest BCUT2D eigenvalue weighted by Crippen LogP contribution is -2.28. The van der Waals surface area contributed by atoms with Crippen molar-refractivity contribution in [1.29, 1.82) is 0 Å². The lowest BCUT2D eigenvalue weighted by atomic mass is 9.91. The maximum Gasteiger partial charge on any atom is 0.0629 e. The molecule has 58 heavy (non-hydrogen) atoms. The number of aromatic nitrogens is 2. The fraction of sp³-hybridized carbons (Fsp3) is 0.0741. The van der Waals surface area contributed by atoms with Crippen LogP contribution in [0.1, 0.15) is 29.2 Å². The first-order valence-corrected chi connectivity index (χ1v) is 20.4. The molecule has 3 heterocycles. The van der Waals surface area contributed by atoms with Gasteiger partial charge < -0.3 is 18.9 Å². The highest BCUT2D eigenvalue weighted by atomic mass is 15.2. The Morgan fingerprint density at radius 2 is 0.983 bits per heavy atom. The molecule has 0 amide bonds. The number of fused-ring (bicyclic) bond motifs is 9. The summed E-state index contributed by atoms with van der Waals surface area (Å²) in [5, 5.41) is 3.85. The first-order valence-electron chi connectivity index (χ1n) is 20.4. The summed E-state index contributed by atoms with van der Waals surface area (Å²) < 4.78 is 4.85. The van der Waals surface area contributed by atoms with Crippen LogP contribution in [-0.2, 0) is 6.42 Å². The summed E-state index contributed by atoms with van der Waals surface area (Å²) in [5.74, 6) is 0.350. The topological polar surface area (TPSA) is 16.3 Å². The summed E-state index contributed by atoms with van der Waals surface area (Å²) in [6.45, 7) is 0. The molecule has 2 atom stereocenters. The predicted octanol–water partition coefficient (Wildman–Crippen LogP) is 13.9. The fourth-order valence-corrected chi connectivity index (χ4v) is 9.97. The van der Waals surface area contributed by atoms with E-state index in [0.717, 1.165) is 35.6 Å². The van der Waals surface area contributed by atoms with E-state index in [1.54, 1.807) is 0 Å². The van der Waals surface area contributed by atoms with Crippen LogP contribution < -0.4 is 9.80 Å². The highest BCUT2D eigenvalue weighted by Crippen LogP contribution is 2.48. The van der Waals surface area contributed by atoms with E-state index in [4.69, 9.17) is 0 Å². The quantitative estimate of drug-likeness (QED) is 0.169. The van der Waals surface area contributed by atoms with Gasteiger partial charge in [0.2, 0.25) is 0 Å². The van der Waals surface area contributed by atoms with Crippen LogP contribution in [0.5, 0.6) is 0 Å². The molecule has 1 aliphatic heterocycles. The summed E-state index contributed by atoms with van der Waals surface area (Å²) in [5.41, 5.74) is 15.9. The van der Waals surface area contributed by atoms with Gasteiger partial charge in [-0.25, -0.2) is 0 Å². The molecule has 9 aromatic rings. The summed E-state index contributed by atoms with van der Waals surface area (Å²) in [6.07, 6.45) is 15.8. The molecular formula is C54H40N4. The van der Waals surface area contributed by atoms with Crippen molar-refractivity contribution in [2.75, 3.05) is 9.80 Å². The lowest BCUT2D eigenvalue weighted by Gasteiger charge is -2.30. The number of para-hydroxylation sites is 4. The lowest BCUT2D eigenvalue weighted by molar-refractivity contribution is 0.745. The Labute approximate surface area is 338 Å². The van der Waals surface area contributed by atoms with Gasteiger partial charge >= 0.3 is 0 Å². The molecule has 4 nitrogen and oxygen atoms in total. The van der Waals surface area contributed by atoms with Gasteiger partial charge in [-0.2, -0.15) is 0 Å². The van der Waals surface area contributed by atoms with Gasteiger partial charge in [0.05, 0.1) is 22.6 Å². The second kappa shape index (κ2) is 13.1. The Hall–Kier alpha value is -7.30. The van der Waals surface area contributed by atoms with Crippen LogP contribution in [0, 0.1) is 0 Å². The molecular weight excluding hydrogens is 705 g/mol. The van der Waals surface area contributed by atoms with E-state index in [1.807, 2.05) is 0 Å². The van der Waals surface area contributed by atoms with Crippen molar-refractivity contribution < 1.29 is 0 Å². The first-order chi connectivity index (χ1) is 28.8. The molecule has 2 aliphatic carbocycles. The number of hydrogen-bond donors (Lipinski definition) is 0. The Balaban J connectivity index is 0.966. The van der Waals surface area contributed by atoms with Crippen molar-refractivity contribution in [2.24, 2.45) is 0 Å². The van der Waals surface area contributed by atoms with Crippen molar-refractivity contribution in [2.45, 2.75) is 24.8 Å². The zero-order valence-corrected chi connectivity index (χ0v) is 32.0. The predicted molar refractivity (Wildman–Crippen MR) is 243 cm³/mol. The van der Waals surface area contributed by atoms with Gasteiger partial charge in [-0.05, 0) is 115 Å². The molecule has 4 heteroatoms. The van der Waals surface area contributed by atoms with Crippen molar-refractivity contribution in [3.05, 3.63) is 217 Å². The molecule has 0 saturated heterocycles. The van der Waals surface area contributed by atoms with Crippen molar-refractivity contribution >= 4 is 67.2 Å². The minimum Gasteiger partial charge on any atom is -0.333 e.